The van der Waals surface area contributed by atoms with E-state index in [-0.39, 0.29) is 5.30 Å². The third-order valence-electron chi connectivity index (χ3n) is 2.11. The molecule has 0 amide bonds. The molecule has 0 bridgehead atoms. The molecule has 0 radical (unpaired) electrons. The van der Waals surface area contributed by atoms with Crippen molar-refractivity contribution in [3.63, 3.8) is 0 Å². The van der Waals surface area contributed by atoms with Crippen molar-refractivity contribution < 1.29 is 14.4 Å². The van der Waals surface area contributed by atoms with Gasteiger partial charge in [-0.05, 0) is 24.5 Å². The number of rotatable bonds is 4. The Morgan fingerprint density at radius 3 is 2.50 bits per heavy atom. The standard InChI is InChI=1S/C10H15O3P/c1-2-3-6-9-7-4-5-8-10(9)14(11,12)13/h4-5,7-8H,2-3,6H2,1H3,(H2,11,12,13). The predicted octanol–water partition coefficient (Wildman–Crippen LogP) is 1.83. The van der Waals surface area contributed by atoms with Gasteiger partial charge in [0.25, 0.3) is 0 Å². The van der Waals surface area contributed by atoms with Crippen LogP contribution in [0.25, 0.3) is 0 Å². The summed E-state index contributed by atoms with van der Waals surface area (Å²) in [5.41, 5.74) is 0.766. The molecule has 2 N–H and O–H groups in total. The summed E-state index contributed by atoms with van der Waals surface area (Å²) in [5.74, 6) is 0. The maximum absolute atomic E-state index is 11.1. The summed E-state index contributed by atoms with van der Waals surface area (Å²) in [6.45, 7) is 2.06. The van der Waals surface area contributed by atoms with E-state index in [4.69, 9.17) is 9.79 Å². The van der Waals surface area contributed by atoms with Gasteiger partial charge < -0.3 is 9.79 Å². The van der Waals surface area contributed by atoms with Crippen LogP contribution in [0.5, 0.6) is 0 Å². The maximum atomic E-state index is 11.1. The second-order valence-corrected chi connectivity index (χ2v) is 4.85. The molecule has 0 saturated heterocycles. The Balaban J connectivity index is 2.98. The van der Waals surface area contributed by atoms with Crippen molar-refractivity contribution in [2.24, 2.45) is 0 Å². The van der Waals surface area contributed by atoms with Crippen molar-refractivity contribution in [2.45, 2.75) is 26.2 Å². The SMILES string of the molecule is CCCCc1ccccc1P(=O)(O)O. The zero-order valence-corrected chi connectivity index (χ0v) is 9.08. The van der Waals surface area contributed by atoms with Gasteiger partial charge in [-0.25, -0.2) is 0 Å². The monoisotopic (exact) mass is 214 g/mol. The van der Waals surface area contributed by atoms with Crippen LogP contribution in [0.2, 0.25) is 0 Å². The van der Waals surface area contributed by atoms with Gasteiger partial charge in [-0.2, -0.15) is 0 Å². The van der Waals surface area contributed by atoms with Crippen molar-refractivity contribution >= 4 is 12.9 Å². The zero-order valence-electron chi connectivity index (χ0n) is 8.18. The molecule has 4 heteroatoms. The molecule has 0 aliphatic carbocycles. The van der Waals surface area contributed by atoms with Gasteiger partial charge in [0.15, 0.2) is 0 Å². The lowest BCUT2D eigenvalue weighted by molar-refractivity contribution is 0.387. The second kappa shape index (κ2) is 4.74. The molecular weight excluding hydrogens is 199 g/mol. The molecule has 0 atom stereocenters. The van der Waals surface area contributed by atoms with Gasteiger partial charge in [-0.1, -0.05) is 31.5 Å². The highest BCUT2D eigenvalue weighted by molar-refractivity contribution is 7.60. The fraction of sp³-hybridized carbons (Fsp3) is 0.400. The first-order chi connectivity index (χ1) is 6.55. The quantitative estimate of drug-likeness (QED) is 0.752. The molecule has 0 spiro atoms. The van der Waals surface area contributed by atoms with Crippen LogP contribution >= 0.6 is 7.60 Å². The van der Waals surface area contributed by atoms with Crippen LogP contribution in [-0.2, 0) is 11.0 Å². The normalized spacial score (nSPS) is 11.6. The van der Waals surface area contributed by atoms with Crippen molar-refractivity contribution in [1.82, 2.24) is 0 Å². The minimum atomic E-state index is -4.10. The van der Waals surface area contributed by atoms with Crippen LogP contribution in [0.1, 0.15) is 25.3 Å². The zero-order chi connectivity index (χ0) is 10.6. The van der Waals surface area contributed by atoms with Crippen molar-refractivity contribution in [3.05, 3.63) is 29.8 Å². The number of hydrogen-bond acceptors (Lipinski definition) is 1. The summed E-state index contributed by atoms with van der Waals surface area (Å²) in [5, 5.41) is 0.174. The molecule has 0 aliphatic heterocycles. The van der Waals surface area contributed by atoms with Gasteiger partial charge in [-0.15, -0.1) is 0 Å². The molecular formula is C10H15O3P. The molecule has 0 heterocycles. The summed E-state index contributed by atoms with van der Waals surface area (Å²) >= 11 is 0. The van der Waals surface area contributed by atoms with E-state index in [2.05, 4.69) is 6.92 Å². The van der Waals surface area contributed by atoms with Crippen LogP contribution < -0.4 is 5.30 Å². The van der Waals surface area contributed by atoms with E-state index in [9.17, 15) is 4.57 Å². The van der Waals surface area contributed by atoms with E-state index in [0.717, 1.165) is 24.8 Å². The molecule has 0 fully saturated rings. The summed E-state index contributed by atoms with van der Waals surface area (Å²) < 4.78 is 11.1. The number of hydrogen-bond donors (Lipinski definition) is 2. The predicted molar refractivity (Wildman–Crippen MR) is 56.7 cm³/mol. The minimum Gasteiger partial charge on any atom is -0.321 e. The largest absolute Gasteiger partial charge is 0.356 e. The molecule has 0 aromatic heterocycles. The Morgan fingerprint density at radius 1 is 1.29 bits per heavy atom. The van der Waals surface area contributed by atoms with Crippen LogP contribution in [0, 0.1) is 0 Å². The molecule has 0 aliphatic rings. The van der Waals surface area contributed by atoms with Gasteiger partial charge in [0.2, 0.25) is 0 Å². The number of benzene rings is 1. The second-order valence-electron chi connectivity index (χ2n) is 3.28. The van der Waals surface area contributed by atoms with Crippen molar-refractivity contribution in [2.75, 3.05) is 0 Å². The average Bonchev–Trinajstić information content (AvgIpc) is 2.14. The molecule has 14 heavy (non-hydrogen) atoms. The number of aryl methyl sites for hydroxylation is 1. The highest BCUT2D eigenvalue weighted by Gasteiger charge is 2.19. The van der Waals surface area contributed by atoms with E-state index < -0.39 is 7.60 Å². The lowest BCUT2D eigenvalue weighted by Crippen LogP contribution is -2.10. The van der Waals surface area contributed by atoms with E-state index >= 15 is 0 Å². The van der Waals surface area contributed by atoms with Crippen LogP contribution in [0.4, 0.5) is 0 Å². The van der Waals surface area contributed by atoms with Gasteiger partial charge in [0.05, 0.1) is 5.30 Å². The lowest BCUT2D eigenvalue weighted by Gasteiger charge is -2.09. The first-order valence-electron chi connectivity index (χ1n) is 4.69. The Hall–Kier alpha value is -0.630. The molecule has 1 rings (SSSR count). The van der Waals surface area contributed by atoms with E-state index in [1.807, 2.05) is 6.07 Å². The van der Waals surface area contributed by atoms with Gasteiger partial charge >= 0.3 is 7.60 Å². The van der Waals surface area contributed by atoms with Gasteiger partial charge in [0.1, 0.15) is 0 Å². The minimum absolute atomic E-state index is 0.174. The lowest BCUT2D eigenvalue weighted by atomic mass is 10.1. The first kappa shape index (κ1) is 11.4. The maximum Gasteiger partial charge on any atom is 0.356 e. The average molecular weight is 214 g/mol. The first-order valence-corrected chi connectivity index (χ1v) is 6.31. The smallest absolute Gasteiger partial charge is 0.321 e. The summed E-state index contributed by atoms with van der Waals surface area (Å²) in [6, 6.07) is 6.75. The van der Waals surface area contributed by atoms with Crippen LogP contribution in [-0.4, -0.2) is 9.79 Å². The molecule has 1 aromatic carbocycles. The van der Waals surface area contributed by atoms with Crippen molar-refractivity contribution in [3.8, 4) is 0 Å². The summed E-state index contributed by atoms with van der Waals surface area (Å²) in [4.78, 5) is 18.2. The fourth-order valence-corrected chi connectivity index (χ4v) is 2.21. The van der Waals surface area contributed by atoms with E-state index in [1.54, 1.807) is 12.1 Å². The van der Waals surface area contributed by atoms with E-state index in [1.165, 1.54) is 6.07 Å². The summed E-state index contributed by atoms with van der Waals surface area (Å²) in [6.07, 6.45) is 2.71. The van der Waals surface area contributed by atoms with Crippen LogP contribution in [0.15, 0.2) is 24.3 Å². The fourth-order valence-electron chi connectivity index (χ4n) is 1.37. The summed E-state index contributed by atoms with van der Waals surface area (Å²) in [7, 11) is -4.10. The van der Waals surface area contributed by atoms with Gasteiger partial charge in [-0.3, -0.25) is 4.57 Å². The molecule has 78 valence electrons. The van der Waals surface area contributed by atoms with Gasteiger partial charge in [0, 0.05) is 0 Å². The Bertz CT molecular complexity index is 343. The Morgan fingerprint density at radius 2 is 1.93 bits per heavy atom. The topological polar surface area (TPSA) is 57.5 Å². The Kier molecular flexibility index (Phi) is 3.87. The number of unbranched alkanes of at least 4 members (excludes halogenated alkanes) is 1. The van der Waals surface area contributed by atoms with Crippen molar-refractivity contribution in [1.29, 1.82) is 0 Å². The Labute approximate surface area is 83.9 Å². The molecule has 0 unspecified atom stereocenters. The molecule has 0 saturated carbocycles. The highest BCUT2D eigenvalue weighted by Crippen LogP contribution is 2.34. The molecule has 1 aromatic rings. The van der Waals surface area contributed by atoms with Crippen LogP contribution in [0.3, 0.4) is 0 Å². The van der Waals surface area contributed by atoms with E-state index in [0.29, 0.717) is 0 Å². The highest BCUT2D eigenvalue weighted by atomic mass is 31.2. The third kappa shape index (κ3) is 2.95. The third-order valence-corrected chi connectivity index (χ3v) is 3.17. The molecule has 3 nitrogen and oxygen atoms in total.